The molecule has 2 fully saturated rings. The monoisotopic (exact) mass is 388 g/mol. The van der Waals surface area contributed by atoms with Gasteiger partial charge in [0.15, 0.2) is 6.61 Å². The Morgan fingerprint density at radius 2 is 1.96 bits per heavy atom. The van der Waals surface area contributed by atoms with Crippen LogP contribution in [-0.2, 0) is 20.9 Å². The van der Waals surface area contributed by atoms with Crippen LogP contribution >= 0.6 is 0 Å². The number of imide groups is 1. The van der Waals surface area contributed by atoms with Gasteiger partial charge in [-0.05, 0) is 37.1 Å². The SMILES string of the molecule is O=C(CN1C(=O)NC2(CCCC2)C1=O)OCc1nc(-c2ccc(F)cc2)no1. The van der Waals surface area contributed by atoms with Crippen molar-refractivity contribution in [2.45, 2.75) is 37.8 Å². The number of benzene rings is 1. The van der Waals surface area contributed by atoms with Crippen LogP contribution in [0.25, 0.3) is 11.4 Å². The van der Waals surface area contributed by atoms with Gasteiger partial charge >= 0.3 is 12.0 Å². The van der Waals surface area contributed by atoms with E-state index in [0.717, 1.165) is 17.7 Å². The lowest BCUT2D eigenvalue weighted by Crippen LogP contribution is -2.44. The summed E-state index contributed by atoms with van der Waals surface area (Å²) in [4.78, 5) is 41.6. The number of hydrogen-bond acceptors (Lipinski definition) is 7. The summed E-state index contributed by atoms with van der Waals surface area (Å²) >= 11 is 0. The smallest absolute Gasteiger partial charge is 0.326 e. The van der Waals surface area contributed by atoms with Crippen LogP contribution in [0, 0.1) is 5.82 Å². The predicted molar refractivity (Wildman–Crippen MR) is 90.9 cm³/mol. The van der Waals surface area contributed by atoms with Gasteiger partial charge < -0.3 is 14.6 Å². The quantitative estimate of drug-likeness (QED) is 0.613. The van der Waals surface area contributed by atoms with Crippen LogP contribution in [0.5, 0.6) is 0 Å². The van der Waals surface area contributed by atoms with E-state index in [1.54, 1.807) is 0 Å². The molecule has 1 aliphatic heterocycles. The van der Waals surface area contributed by atoms with Gasteiger partial charge in [-0.3, -0.25) is 14.5 Å². The summed E-state index contributed by atoms with van der Waals surface area (Å²) in [5, 5.41) is 6.44. The highest BCUT2D eigenvalue weighted by molar-refractivity contribution is 6.08. The van der Waals surface area contributed by atoms with E-state index in [4.69, 9.17) is 9.26 Å². The Bertz CT molecular complexity index is 920. The van der Waals surface area contributed by atoms with Crippen molar-refractivity contribution in [3.05, 3.63) is 36.0 Å². The van der Waals surface area contributed by atoms with E-state index in [1.807, 2.05) is 0 Å². The van der Waals surface area contributed by atoms with Gasteiger partial charge in [0.1, 0.15) is 17.9 Å². The van der Waals surface area contributed by atoms with Crippen LogP contribution in [0.3, 0.4) is 0 Å². The number of amides is 3. The molecule has 10 heteroatoms. The normalized spacial score (nSPS) is 18.0. The van der Waals surface area contributed by atoms with Crippen molar-refractivity contribution in [3.63, 3.8) is 0 Å². The second-order valence-corrected chi connectivity index (χ2v) is 6.79. The molecular weight excluding hydrogens is 371 g/mol. The number of halogens is 1. The fourth-order valence-corrected chi connectivity index (χ4v) is 3.48. The average molecular weight is 388 g/mol. The van der Waals surface area contributed by atoms with E-state index in [-0.39, 0.29) is 30.0 Å². The van der Waals surface area contributed by atoms with Crippen LogP contribution in [0.1, 0.15) is 31.6 Å². The number of ether oxygens (including phenoxy) is 1. The molecule has 0 radical (unpaired) electrons. The van der Waals surface area contributed by atoms with Crippen LogP contribution < -0.4 is 5.32 Å². The van der Waals surface area contributed by atoms with E-state index in [2.05, 4.69) is 15.5 Å². The maximum Gasteiger partial charge on any atom is 0.326 e. The molecule has 2 heterocycles. The molecule has 9 nitrogen and oxygen atoms in total. The molecule has 1 spiro atoms. The number of esters is 1. The van der Waals surface area contributed by atoms with E-state index in [9.17, 15) is 18.8 Å². The van der Waals surface area contributed by atoms with Crippen molar-refractivity contribution in [2.75, 3.05) is 6.54 Å². The zero-order chi connectivity index (χ0) is 19.7. The van der Waals surface area contributed by atoms with Crippen molar-refractivity contribution >= 4 is 17.9 Å². The molecule has 2 aromatic rings. The lowest BCUT2D eigenvalue weighted by Gasteiger charge is -2.19. The molecule has 28 heavy (non-hydrogen) atoms. The number of aromatic nitrogens is 2. The minimum Gasteiger partial charge on any atom is -0.454 e. The molecule has 3 amide bonds. The Kier molecular flexibility index (Phi) is 4.54. The first-order valence-corrected chi connectivity index (χ1v) is 8.85. The Balaban J connectivity index is 1.33. The molecule has 1 N–H and O–H groups in total. The number of urea groups is 1. The molecule has 2 aliphatic rings. The summed E-state index contributed by atoms with van der Waals surface area (Å²) in [6, 6.07) is 4.93. The highest BCUT2D eigenvalue weighted by Gasteiger charge is 2.52. The van der Waals surface area contributed by atoms with E-state index < -0.39 is 24.1 Å². The third-order valence-corrected chi connectivity index (χ3v) is 4.92. The third-order valence-electron chi connectivity index (χ3n) is 4.92. The van der Waals surface area contributed by atoms with Gasteiger partial charge in [0, 0.05) is 5.56 Å². The second kappa shape index (κ2) is 7.02. The number of nitrogens with zero attached hydrogens (tertiary/aromatic N) is 3. The summed E-state index contributed by atoms with van der Waals surface area (Å²) in [6.07, 6.45) is 2.88. The van der Waals surface area contributed by atoms with Gasteiger partial charge in [-0.15, -0.1) is 0 Å². The molecule has 1 aromatic carbocycles. The van der Waals surface area contributed by atoms with Crippen molar-refractivity contribution in [3.8, 4) is 11.4 Å². The van der Waals surface area contributed by atoms with Crippen molar-refractivity contribution in [1.82, 2.24) is 20.4 Å². The Morgan fingerprint density at radius 3 is 2.68 bits per heavy atom. The van der Waals surface area contributed by atoms with Crippen molar-refractivity contribution in [2.24, 2.45) is 0 Å². The summed E-state index contributed by atoms with van der Waals surface area (Å²) in [5.41, 5.74) is -0.322. The van der Waals surface area contributed by atoms with Gasteiger partial charge in [0.2, 0.25) is 5.82 Å². The van der Waals surface area contributed by atoms with E-state index >= 15 is 0 Å². The van der Waals surface area contributed by atoms with E-state index in [1.165, 1.54) is 24.3 Å². The molecule has 146 valence electrons. The number of nitrogens with one attached hydrogen (secondary N) is 1. The number of hydrogen-bond donors (Lipinski definition) is 1. The van der Waals surface area contributed by atoms with Crippen LogP contribution in [0.4, 0.5) is 9.18 Å². The molecule has 1 aromatic heterocycles. The van der Waals surface area contributed by atoms with Crippen molar-refractivity contribution < 1.29 is 28.0 Å². The Hall–Kier alpha value is -3.30. The second-order valence-electron chi connectivity index (χ2n) is 6.79. The maximum absolute atomic E-state index is 13.0. The minimum absolute atomic E-state index is 0.0390. The molecule has 0 bridgehead atoms. The highest BCUT2D eigenvalue weighted by Crippen LogP contribution is 2.34. The van der Waals surface area contributed by atoms with E-state index in [0.29, 0.717) is 18.4 Å². The van der Waals surface area contributed by atoms with Gasteiger partial charge in [0.05, 0.1) is 0 Å². The van der Waals surface area contributed by atoms with Crippen LogP contribution in [-0.4, -0.2) is 45.0 Å². The molecule has 4 rings (SSSR count). The lowest BCUT2D eigenvalue weighted by molar-refractivity contribution is -0.149. The fraction of sp³-hybridized carbons (Fsp3) is 0.389. The fourth-order valence-electron chi connectivity index (χ4n) is 3.48. The molecule has 0 unspecified atom stereocenters. The van der Waals surface area contributed by atoms with Gasteiger partial charge in [-0.25, -0.2) is 9.18 Å². The summed E-state index contributed by atoms with van der Waals surface area (Å²) < 4.78 is 23.0. The highest BCUT2D eigenvalue weighted by atomic mass is 19.1. The minimum atomic E-state index is -0.867. The maximum atomic E-state index is 13.0. The summed E-state index contributed by atoms with van der Waals surface area (Å²) in [6.45, 7) is -0.785. The standard InChI is InChI=1S/C18H17FN4O5/c19-12-5-3-11(4-6-12)15-20-13(28-22-15)10-27-14(24)9-23-16(25)18(21-17(23)26)7-1-2-8-18/h3-6H,1-2,7-10H2,(H,21,26). The zero-order valence-electron chi connectivity index (χ0n) is 14.8. The number of carbonyl (C=O) groups excluding carboxylic acids is 3. The molecule has 0 atom stereocenters. The summed E-state index contributed by atoms with van der Waals surface area (Å²) in [5.74, 6) is -1.27. The van der Waals surface area contributed by atoms with Gasteiger partial charge in [-0.1, -0.05) is 18.0 Å². The first-order chi connectivity index (χ1) is 13.5. The topological polar surface area (TPSA) is 115 Å². The van der Waals surface area contributed by atoms with Gasteiger partial charge in [0.25, 0.3) is 11.8 Å². The predicted octanol–water partition coefficient (Wildman–Crippen LogP) is 1.78. The van der Waals surface area contributed by atoms with Crippen LogP contribution in [0.2, 0.25) is 0 Å². The zero-order valence-corrected chi connectivity index (χ0v) is 14.8. The van der Waals surface area contributed by atoms with Crippen molar-refractivity contribution in [1.29, 1.82) is 0 Å². The Labute approximate surface area is 158 Å². The Morgan fingerprint density at radius 1 is 1.25 bits per heavy atom. The third kappa shape index (κ3) is 3.32. The lowest BCUT2D eigenvalue weighted by atomic mass is 9.98. The molecular formula is C18H17FN4O5. The average Bonchev–Trinajstić information content (AvgIpc) is 3.39. The number of rotatable bonds is 5. The van der Waals surface area contributed by atoms with Crippen LogP contribution in [0.15, 0.2) is 28.8 Å². The first-order valence-electron chi connectivity index (χ1n) is 8.85. The van der Waals surface area contributed by atoms with Gasteiger partial charge in [-0.2, -0.15) is 4.98 Å². The molecule has 1 aliphatic carbocycles. The molecule has 1 saturated heterocycles. The number of carbonyl (C=O) groups is 3. The first kappa shape index (κ1) is 18.1. The molecule has 1 saturated carbocycles. The summed E-state index contributed by atoms with van der Waals surface area (Å²) in [7, 11) is 0. The largest absolute Gasteiger partial charge is 0.454 e.